The number of carbonyl (C=O) groups excluding carboxylic acids is 2. The predicted octanol–water partition coefficient (Wildman–Crippen LogP) is 2.55. The molecule has 0 aromatic heterocycles. The Bertz CT molecular complexity index is 504. The van der Waals surface area contributed by atoms with Crippen LogP contribution in [0.5, 0.6) is 0 Å². The fourth-order valence-electron chi connectivity index (χ4n) is 2.49. The first-order valence-electron chi connectivity index (χ1n) is 6.06. The van der Waals surface area contributed by atoms with E-state index >= 15 is 0 Å². The number of hydrogen-bond acceptors (Lipinski definition) is 3. The van der Waals surface area contributed by atoms with Gasteiger partial charge in [-0.15, -0.1) is 6.58 Å². The Kier molecular flexibility index (Phi) is 3.32. The van der Waals surface area contributed by atoms with Crippen LogP contribution in [0.3, 0.4) is 0 Å². The van der Waals surface area contributed by atoms with Crippen LogP contribution in [0.1, 0.15) is 29.3 Å². The Morgan fingerprint density at radius 3 is 2.83 bits per heavy atom. The average Bonchev–Trinajstić information content (AvgIpc) is 2.65. The molecule has 3 heteroatoms. The third-order valence-electron chi connectivity index (χ3n) is 3.35. The topological polar surface area (TPSA) is 43.4 Å². The molecule has 1 aliphatic rings. The summed E-state index contributed by atoms with van der Waals surface area (Å²) in [4.78, 5) is 24.6. The molecule has 0 amide bonds. The molecule has 0 N–H and O–H groups in total. The summed E-state index contributed by atoms with van der Waals surface area (Å²) in [5.74, 6) is -0.581. The maximum absolute atomic E-state index is 12.5. The highest BCUT2D eigenvalue weighted by molar-refractivity contribution is 6.16. The van der Waals surface area contributed by atoms with Gasteiger partial charge in [0.15, 0.2) is 5.78 Å². The number of esters is 1. The van der Waals surface area contributed by atoms with Crippen molar-refractivity contribution in [1.82, 2.24) is 0 Å². The average molecular weight is 244 g/mol. The molecule has 1 unspecified atom stereocenters. The van der Waals surface area contributed by atoms with Crippen molar-refractivity contribution in [3.05, 3.63) is 48.0 Å². The van der Waals surface area contributed by atoms with E-state index < -0.39 is 11.4 Å². The van der Waals surface area contributed by atoms with Gasteiger partial charge in [0.05, 0.1) is 6.61 Å². The van der Waals surface area contributed by atoms with Crippen molar-refractivity contribution in [2.75, 3.05) is 6.61 Å². The van der Waals surface area contributed by atoms with Crippen LogP contribution in [0.2, 0.25) is 0 Å². The van der Waals surface area contributed by atoms with E-state index in [0.29, 0.717) is 18.4 Å². The lowest BCUT2D eigenvalue weighted by Gasteiger charge is -2.23. The summed E-state index contributed by atoms with van der Waals surface area (Å²) in [5, 5.41) is 0. The predicted molar refractivity (Wildman–Crippen MR) is 68.4 cm³/mol. The number of ketones is 1. The molecular formula is C15H16O3. The van der Waals surface area contributed by atoms with Crippen LogP contribution in [0.4, 0.5) is 0 Å². The van der Waals surface area contributed by atoms with Gasteiger partial charge in [0.25, 0.3) is 0 Å². The van der Waals surface area contributed by atoms with Crippen LogP contribution in [0.25, 0.3) is 0 Å². The molecule has 0 heterocycles. The van der Waals surface area contributed by atoms with Gasteiger partial charge in [0, 0.05) is 5.56 Å². The first-order valence-corrected chi connectivity index (χ1v) is 6.06. The minimum absolute atomic E-state index is 0.142. The quantitative estimate of drug-likeness (QED) is 0.464. The first kappa shape index (κ1) is 12.6. The number of Topliss-reactive ketones (excluding diaryl/α,β-unsaturated/α-hetero) is 1. The van der Waals surface area contributed by atoms with E-state index in [-0.39, 0.29) is 12.4 Å². The lowest BCUT2D eigenvalue weighted by atomic mass is 9.80. The highest BCUT2D eigenvalue weighted by Crippen LogP contribution is 2.40. The van der Waals surface area contributed by atoms with E-state index in [1.807, 2.05) is 18.2 Å². The Labute approximate surface area is 106 Å². The van der Waals surface area contributed by atoms with E-state index in [0.717, 1.165) is 5.56 Å². The second-order valence-electron chi connectivity index (χ2n) is 4.46. The molecule has 94 valence electrons. The fourth-order valence-corrected chi connectivity index (χ4v) is 2.49. The molecule has 3 nitrogen and oxygen atoms in total. The molecule has 18 heavy (non-hydrogen) atoms. The van der Waals surface area contributed by atoms with Gasteiger partial charge >= 0.3 is 5.97 Å². The van der Waals surface area contributed by atoms with Crippen molar-refractivity contribution in [3.8, 4) is 0 Å². The summed E-state index contributed by atoms with van der Waals surface area (Å²) in [5.41, 5.74) is 0.450. The van der Waals surface area contributed by atoms with Crippen molar-refractivity contribution in [3.63, 3.8) is 0 Å². The Morgan fingerprint density at radius 2 is 2.22 bits per heavy atom. The zero-order chi connectivity index (χ0) is 13.2. The third kappa shape index (κ3) is 1.76. The molecule has 2 rings (SSSR count). The summed E-state index contributed by atoms with van der Waals surface area (Å²) >= 11 is 0. The van der Waals surface area contributed by atoms with Gasteiger partial charge in [0.2, 0.25) is 0 Å². The van der Waals surface area contributed by atoms with Gasteiger partial charge in [-0.2, -0.15) is 0 Å². The van der Waals surface area contributed by atoms with E-state index in [2.05, 4.69) is 6.58 Å². The summed E-state index contributed by atoms with van der Waals surface area (Å²) in [6.45, 7) is 5.67. The molecule has 0 aliphatic heterocycles. The van der Waals surface area contributed by atoms with Crippen LogP contribution in [0, 0.1) is 5.41 Å². The van der Waals surface area contributed by atoms with Crippen LogP contribution in [0.15, 0.2) is 36.9 Å². The van der Waals surface area contributed by atoms with Crippen molar-refractivity contribution >= 4 is 11.8 Å². The van der Waals surface area contributed by atoms with E-state index in [1.54, 1.807) is 19.1 Å². The molecule has 1 aromatic carbocycles. The van der Waals surface area contributed by atoms with Crippen molar-refractivity contribution in [2.45, 2.75) is 19.8 Å². The van der Waals surface area contributed by atoms with Gasteiger partial charge in [0.1, 0.15) is 5.41 Å². The van der Waals surface area contributed by atoms with Gasteiger partial charge in [-0.1, -0.05) is 30.3 Å². The zero-order valence-corrected chi connectivity index (χ0v) is 10.4. The Hall–Kier alpha value is -1.90. The largest absolute Gasteiger partial charge is 0.465 e. The van der Waals surface area contributed by atoms with Gasteiger partial charge in [-0.25, -0.2) is 0 Å². The zero-order valence-electron chi connectivity index (χ0n) is 10.4. The number of benzene rings is 1. The van der Waals surface area contributed by atoms with Crippen LogP contribution < -0.4 is 0 Å². The SMILES string of the molecule is C=CCC1(C(=O)OCC)Cc2ccccc2C1=O. The summed E-state index contributed by atoms with van der Waals surface area (Å²) in [7, 11) is 0. The molecule has 1 atom stereocenters. The van der Waals surface area contributed by atoms with Gasteiger partial charge in [-0.3, -0.25) is 9.59 Å². The maximum Gasteiger partial charge on any atom is 0.320 e. The van der Waals surface area contributed by atoms with Crippen LogP contribution in [-0.2, 0) is 16.0 Å². The lowest BCUT2D eigenvalue weighted by Crippen LogP contribution is -2.38. The molecule has 1 aliphatic carbocycles. The number of rotatable bonds is 4. The second kappa shape index (κ2) is 4.77. The fraction of sp³-hybridized carbons (Fsp3) is 0.333. The number of hydrogen-bond donors (Lipinski definition) is 0. The molecule has 1 aromatic rings. The van der Waals surface area contributed by atoms with Crippen molar-refractivity contribution < 1.29 is 14.3 Å². The Balaban J connectivity index is 2.44. The van der Waals surface area contributed by atoms with Crippen LogP contribution >= 0.6 is 0 Å². The minimum atomic E-state index is -1.10. The van der Waals surface area contributed by atoms with Crippen molar-refractivity contribution in [1.29, 1.82) is 0 Å². The summed E-state index contributed by atoms with van der Waals surface area (Å²) < 4.78 is 5.08. The second-order valence-corrected chi connectivity index (χ2v) is 4.46. The highest BCUT2D eigenvalue weighted by Gasteiger charge is 2.51. The smallest absolute Gasteiger partial charge is 0.320 e. The molecule has 0 radical (unpaired) electrons. The van der Waals surface area contributed by atoms with E-state index in [1.165, 1.54) is 0 Å². The maximum atomic E-state index is 12.5. The highest BCUT2D eigenvalue weighted by atomic mass is 16.5. The molecular weight excluding hydrogens is 228 g/mol. The number of allylic oxidation sites excluding steroid dienone is 1. The minimum Gasteiger partial charge on any atom is -0.465 e. The molecule has 0 bridgehead atoms. The van der Waals surface area contributed by atoms with Crippen LogP contribution in [-0.4, -0.2) is 18.4 Å². The van der Waals surface area contributed by atoms with Gasteiger partial charge < -0.3 is 4.74 Å². The summed E-state index contributed by atoms with van der Waals surface area (Å²) in [6, 6.07) is 7.34. The van der Waals surface area contributed by atoms with E-state index in [4.69, 9.17) is 4.74 Å². The van der Waals surface area contributed by atoms with Gasteiger partial charge in [-0.05, 0) is 25.3 Å². The number of ether oxygens (including phenoxy) is 1. The number of carbonyl (C=O) groups is 2. The molecule has 0 fully saturated rings. The lowest BCUT2D eigenvalue weighted by molar-refractivity contribution is -0.151. The summed E-state index contributed by atoms with van der Waals surface area (Å²) in [6.07, 6.45) is 2.34. The monoisotopic (exact) mass is 244 g/mol. The standard InChI is InChI=1S/C15H16O3/c1-3-9-15(14(17)18-4-2)10-11-7-5-6-8-12(11)13(15)16/h3,5-8H,1,4,9-10H2,2H3. The third-order valence-corrected chi connectivity index (χ3v) is 3.35. The number of fused-ring (bicyclic) bond motifs is 1. The van der Waals surface area contributed by atoms with Crippen molar-refractivity contribution in [2.24, 2.45) is 5.41 Å². The molecule has 0 saturated carbocycles. The molecule has 0 saturated heterocycles. The van der Waals surface area contributed by atoms with E-state index in [9.17, 15) is 9.59 Å². The first-order chi connectivity index (χ1) is 8.65. The Morgan fingerprint density at radius 1 is 1.50 bits per heavy atom. The molecule has 0 spiro atoms. The normalized spacial score (nSPS) is 21.5.